The number of amides is 1. The molecule has 26 heavy (non-hydrogen) atoms. The number of rotatable bonds is 6. The van der Waals surface area contributed by atoms with E-state index in [1.54, 1.807) is 6.92 Å². The van der Waals surface area contributed by atoms with Gasteiger partial charge in [0.1, 0.15) is 0 Å². The second kappa shape index (κ2) is 8.19. The number of carbonyl (C=O) groups is 1. The highest BCUT2D eigenvalue weighted by molar-refractivity contribution is 8.00. The maximum atomic E-state index is 12.6. The van der Waals surface area contributed by atoms with Crippen molar-refractivity contribution in [2.45, 2.75) is 37.1 Å². The fourth-order valence-electron chi connectivity index (χ4n) is 2.71. The Morgan fingerprint density at radius 1 is 1.23 bits per heavy atom. The van der Waals surface area contributed by atoms with Crippen LogP contribution in [0.1, 0.15) is 26.0 Å². The van der Waals surface area contributed by atoms with Crippen LogP contribution in [-0.4, -0.2) is 21.1 Å². The van der Waals surface area contributed by atoms with Crippen LogP contribution in [0.3, 0.4) is 0 Å². The molecule has 1 amide bonds. The number of aromatic amines is 1. The van der Waals surface area contributed by atoms with Gasteiger partial charge in [0.15, 0.2) is 5.16 Å². The zero-order valence-electron chi connectivity index (χ0n) is 14.8. The van der Waals surface area contributed by atoms with Gasteiger partial charge < -0.3 is 10.3 Å². The Hall–Kier alpha value is -2.60. The van der Waals surface area contributed by atoms with Gasteiger partial charge in [0.2, 0.25) is 5.91 Å². The fraction of sp³-hybridized carbons (Fsp3) is 0.250. The normalized spacial score (nSPS) is 12.1. The second-order valence-electron chi connectivity index (χ2n) is 6.07. The van der Waals surface area contributed by atoms with Gasteiger partial charge in [-0.1, -0.05) is 61.5 Å². The summed E-state index contributed by atoms with van der Waals surface area (Å²) in [5, 5.41) is 5.13. The first kappa shape index (κ1) is 18.2. The van der Waals surface area contributed by atoms with Gasteiger partial charge in [0.05, 0.1) is 5.25 Å². The molecule has 0 bridgehead atoms. The quantitative estimate of drug-likeness (QED) is 0.510. The Balaban J connectivity index is 1.75. The molecule has 3 rings (SSSR count). The Labute approximate surface area is 156 Å². The minimum Gasteiger partial charge on any atom is -0.325 e. The number of H-pyrrole nitrogens is 1. The predicted octanol–water partition coefficient (Wildman–Crippen LogP) is 3.99. The van der Waals surface area contributed by atoms with Crippen LogP contribution in [0.5, 0.6) is 0 Å². The summed E-state index contributed by atoms with van der Waals surface area (Å²) >= 11 is 1.25. The zero-order chi connectivity index (χ0) is 18.5. The van der Waals surface area contributed by atoms with Crippen molar-refractivity contribution < 1.29 is 4.79 Å². The molecule has 2 N–H and O–H groups in total. The average Bonchev–Trinajstić information content (AvgIpc) is 2.61. The Bertz CT molecular complexity index is 979. The summed E-state index contributed by atoms with van der Waals surface area (Å²) in [5.41, 5.74) is 1.34. The van der Waals surface area contributed by atoms with E-state index in [2.05, 4.69) is 15.3 Å². The molecule has 134 valence electrons. The van der Waals surface area contributed by atoms with Gasteiger partial charge in [-0.15, -0.1) is 0 Å². The van der Waals surface area contributed by atoms with Crippen LogP contribution in [-0.2, 0) is 11.2 Å². The Kier molecular flexibility index (Phi) is 5.73. The van der Waals surface area contributed by atoms with Crippen molar-refractivity contribution in [3.63, 3.8) is 0 Å². The highest BCUT2D eigenvalue weighted by Crippen LogP contribution is 2.25. The molecule has 0 saturated heterocycles. The summed E-state index contributed by atoms with van der Waals surface area (Å²) < 4.78 is 0. The number of thioether (sulfide) groups is 1. The predicted molar refractivity (Wildman–Crippen MR) is 107 cm³/mol. The van der Waals surface area contributed by atoms with E-state index >= 15 is 0 Å². The highest BCUT2D eigenvalue weighted by Gasteiger charge is 2.17. The lowest BCUT2D eigenvalue weighted by molar-refractivity contribution is -0.115. The standard InChI is InChI=1S/C20H21N3O2S/c1-3-7-15-12-18(24)23-20(21-15)26-13(2)19(25)22-17-11-6-9-14-8-4-5-10-16(14)17/h4-6,8-13H,3,7H2,1-2H3,(H,22,25)(H,21,23,24)/t13-/m0/s1. The number of aryl methyl sites for hydroxylation is 1. The van der Waals surface area contributed by atoms with E-state index < -0.39 is 5.25 Å². The minimum atomic E-state index is -0.394. The van der Waals surface area contributed by atoms with Gasteiger partial charge in [0.25, 0.3) is 5.56 Å². The smallest absolute Gasteiger partial charge is 0.251 e. The molecule has 0 saturated carbocycles. The number of nitrogens with one attached hydrogen (secondary N) is 2. The molecule has 0 unspecified atom stereocenters. The van der Waals surface area contributed by atoms with E-state index in [0.29, 0.717) is 5.16 Å². The molecule has 0 aliphatic carbocycles. The largest absolute Gasteiger partial charge is 0.325 e. The van der Waals surface area contributed by atoms with Gasteiger partial charge in [-0.3, -0.25) is 9.59 Å². The lowest BCUT2D eigenvalue weighted by Crippen LogP contribution is -2.23. The number of benzene rings is 2. The molecule has 3 aromatic rings. The molecule has 0 fully saturated rings. The topological polar surface area (TPSA) is 74.8 Å². The number of hydrogen-bond donors (Lipinski definition) is 2. The molecule has 1 aromatic heterocycles. The van der Waals surface area contributed by atoms with Crippen LogP contribution in [0.2, 0.25) is 0 Å². The third-order valence-electron chi connectivity index (χ3n) is 3.98. The molecular formula is C20H21N3O2S. The number of carbonyl (C=O) groups excluding carboxylic acids is 1. The summed E-state index contributed by atoms with van der Waals surface area (Å²) in [7, 11) is 0. The number of anilines is 1. The van der Waals surface area contributed by atoms with Gasteiger partial charge >= 0.3 is 0 Å². The Morgan fingerprint density at radius 2 is 2.00 bits per heavy atom. The first-order valence-electron chi connectivity index (χ1n) is 8.62. The highest BCUT2D eigenvalue weighted by atomic mass is 32.2. The fourth-order valence-corrected chi connectivity index (χ4v) is 3.54. The molecule has 0 aliphatic heterocycles. The SMILES string of the molecule is CCCc1cc(=O)[nH]c(S[C@@H](C)C(=O)Nc2cccc3ccccc23)n1. The van der Waals surface area contributed by atoms with Crippen molar-refractivity contribution in [3.05, 3.63) is 64.6 Å². The van der Waals surface area contributed by atoms with Gasteiger partial charge in [-0.2, -0.15) is 0 Å². The third kappa shape index (κ3) is 4.32. The molecule has 2 aromatic carbocycles. The van der Waals surface area contributed by atoms with Crippen molar-refractivity contribution >= 4 is 34.1 Å². The van der Waals surface area contributed by atoms with Crippen molar-refractivity contribution in [2.75, 3.05) is 5.32 Å². The molecule has 1 heterocycles. The average molecular weight is 367 g/mol. The monoisotopic (exact) mass is 367 g/mol. The van der Waals surface area contributed by atoms with Crippen LogP contribution < -0.4 is 10.9 Å². The van der Waals surface area contributed by atoms with E-state index in [0.717, 1.165) is 35.0 Å². The molecular weight excluding hydrogens is 346 g/mol. The van der Waals surface area contributed by atoms with Crippen molar-refractivity contribution in [2.24, 2.45) is 0 Å². The molecule has 0 radical (unpaired) electrons. The summed E-state index contributed by atoms with van der Waals surface area (Å²) in [6.07, 6.45) is 1.66. The van der Waals surface area contributed by atoms with Gasteiger partial charge in [-0.25, -0.2) is 4.98 Å². The maximum absolute atomic E-state index is 12.6. The van der Waals surface area contributed by atoms with E-state index in [1.807, 2.05) is 49.4 Å². The van der Waals surface area contributed by atoms with Gasteiger partial charge in [0, 0.05) is 22.8 Å². The molecule has 1 atom stereocenters. The third-order valence-corrected chi connectivity index (χ3v) is 4.97. The van der Waals surface area contributed by atoms with E-state index in [9.17, 15) is 9.59 Å². The second-order valence-corrected chi connectivity index (χ2v) is 7.40. The summed E-state index contributed by atoms with van der Waals surface area (Å²) in [6, 6.07) is 15.2. The van der Waals surface area contributed by atoms with Crippen LogP contribution in [0.25, 0.3) is 10.8 Å². The molecule has 6 heteroatoms. The van der Waals surface area contributed by atoms with Crippen LogP contribution in [0, 0.1) is 0 Å². The molecule has 5 nitrogen and oxygen atoms in total. The first-order valence-corrected chi connectivity index (χ1v) is 9.50. The van der Waals surface area contributed by atoms with Gasteiger partial charge in [-0.05, 0) is 24.8 Å². The van der Waals surface area contributed by atoms with Crippen LogP contribution >= 0.6 is 11.8 Å². The summed E-state index contributed by atoms with van der Waals surface area (Å²) in [6.45, 7) is 3.84. The van der Waals surface area contributed by atoms with Crippen molar-refractivity contribution in [1.29, 1.82) is 0 Å². The van der Waals surface area contributed by atoms with Crippen LogP contribution in [0.4, 0.5) is 5.69 Å². The number of fused-ring (bicyclic) bond motifs is 1. The number of aromatic nitrogens is 2. The lowest BCUT2D eigenvalue weighted by Gasteiger charge is -2.13. The minimum absolute atomic E-state index is 0.130. The van der Waals surface area contributed by atoms with Crippen LogP contribution in [0.15, 0.2) is 58.5 Å². The van der Waals surface area contributed by atoms with E-state index in [4.69, 9.17) is 0 Å². The molecule has 0 spiro atoms. The van der Waals surface area contributed by atoms with E-state index in [1.165, 1.54) is 17.8 Å². The van der Waals surface area contributed by atoms with Crippen molar-refractivity contribution in [1.82, 2.24) is 9.97 Å². The van der Waals surface area contributed by atoms with E-state index in [-0.39, 0.29) is 11.5 Å². The first-order chi connectivity index (χ1) is 12.6. The number of nitrogens with zero attached hydrogens (tertiary/aromatic N) is 1. The zero-order valence-corrected chi connectivity index (χ0v) is 15.6. The van der Waals surface area contributed by atoms with Crippen molar-refractivity contribution in [3.8, 4) is 0 Å². The summed E-state index contributed by atoms with van der Waals surface area (Å²) in [5.74, 6) is -0.130. The maximum Gasteiger partial charge on any atom is 0.251 e. The Morgan fingerprint density at radius 3 is 2.81 bits per heavy atom. The lowest BCUT2D eigenvalue weighted by atomic mass is 10.1. The summed E-state index contributed by atoms with van der Waals surface area (Å²) in [4.78, 5) is 31.5. The number of hydrogen-bond acceptors (Lipinski definition) is 4. The molecule has 0 aliphatic rings.